The van der Waals surface area contributed by atoms with Crippen molar-refractivity contribution in [2.75, 3.05) is 13.1 Å². The number of allylic oxidation sites excluding steroid dienone is 1. The summed E-state index contributed by atoms with van der Waals surface area (Å²) in [4.78, 5) is 21.6. The third-order valence-corrected chi connectivity index (χ3v) is 1.99. The van der Waals surface area contributed by atoms with E-state index < -0.39 is 24.0 Å². The molecular weight excluding hydrogens is 224 g/mol. The molecule has 0 aromatic carbocycles. The average molecular weight is 244 g/mol. The molecule has 6 nitrogen and oxygen atoms in total. The first-order valence-electron chi connectivity index (χ1n) is 5.44. The van der Waals surface area contributed by atoms with E-state index in [0.717, 1.165) is 6.42 Å². The van der Waals surface area contributed by atoms with E-state index in [1.807, 2.05) is 19.1 Å². The molecule has 0 heterocycles. The highest BCUT2D eigenvalue weighted by Gasteiger charge is 2.24. The van der Waals surface area contributed by atoms with Crippen LogP contribution in [0.3, 0.4) is 0 Å². The van der Waals surface area contributed by atoms with Gasteiger partial charge in [-0.2, -0.15) is 0 Å². The Labute approximate surface area is 101 Å². The Morgan fingerprint density at radius 1 is 1.35 bits per heavy atom. The number of carbonyl (C=O) groups excluding carboxylic acids is 1. The van der Waals surface area contributed by atoms with Crippen LogP contribution >= 0.6 is 0 Å². The quantitative estimate of drug-likeness (QED) is 0.386. The fraction of sp³-hybridized carbons (Fsp3) is 0.636. The average Bonchev–Trinajstić information content (AvgIpc) is 2.20. The van der Waals surface area contributed by atoms with Gasteiger partial charge in [0.05, 0.1) is 12.0 Å². The molecule has 0 aliphatic carbocycles. The summed E-state index contributed by atoms with van der Waals surface area (Å²) in [7, 11) is 0. The predicted octanol–water partition coefficient (Wildman–Crippen LogP) is 0.477. The van der Waals surface area contributed by atoms with Crippen molar-refractivity contribution >= 4 is 12.0 Å². The molecule has 2 amide bonds. The second-order valence-electron chi connectivity index (χ2n) is 4.03. The number of carbonyl (C=O) groups is 2. The second kappa shape index (κ2) is 7.67. The summed E-state index contributed by atoms with van der Waals surface area (Å²) in [5.41, 5.74) is -1.44. The van der Waals surface area contributed by atoms with Gasteiger partial charge in [-0.3, -0.25) is 4.79 Å². The molecule has 0 aromatic heterocycles. The van der Waals surface area contributed by atoms with E-state index in [-0.39, 0.29) is 6.54 Å². The Balaban J connectivity index is 3.79. The van der Waals surface area contributed by atoms with Gasteiger partial charge in [0, 0.05) is 13.1 Å². The lowest BCUT2D eigenvalue weighted by atomic mass is 10.0. The Hall–Kier alpha value is -1.56. The van der Waals surface area contributed by atoms with Gasteiger partial charge in [0.2, 0.25) is 0 Å². The van der Waals surface area contributed by atoms with Crippen LogP contribution in [0.2, 0.25) is 0 Å². The molecule has 0 spiro atoms. The number of aliphatic hydroxyl groups is 1. The molecule has 0 saturated heterocycles. The lowest BCUT2D eigenvalue weighted by Crippen LogP contribution is -2.45. The summed E-state index contributed by atoms with van der Waals surface area (Å²) in [6, 6.07) is -0.417. The van der Waals surface area contributed by atoms with Gasteiger partial charge in [0.15, 0.2) is 0 Å². The first kappa shape index (κ1) is 15.4. The SMILES string of the molecule is C/C=C/CCNC(=O)NCC(C)(O)CC(=O)O. The zero-order valence-corrected chi connectivity index (χ0v) is 10.2. The van der Waals surface area contributed by atoms with E-state index in [9.17, 15) is 14.7 Å². The number of carboxylic acids is 1. The largest absolute Gasteiger partial charge is 0.481 e. The van der Waals surface area contributed by atoms with E-state index >= 15 is 0 Å². The molecule has 4 N–H and O–H groups in total. The van der Waals surface area contributed by atoms with Crippen LogP contribution in [0, 0.1) is 0 Å². The van der Waals surface area contributed by atoms with Gasteiger partial charge in [0.1, 0.15) is 0 Å². The van der Waals surface area contributed by atoms with Gasteiger partial charge in [-0.15, -0.1) is 0 Å². The standard InChI is InChI=1S/C11H20N2O4/c1-3-4-5-6-12-10(16)13-8-11(2,17)7-9(14)15/h3-4,17H,5-8H2,1-2H3,(H,14,15)(H2,12,13,16)/b4-3+. The van der Waals surface area contributed by atoms with Gasteiger partial charge in [-0.1, -0.05) is 12.2 Å². The van der Waals surface area contributed by atoms with Crippen LogP contribution in [0.15, 0.2) is 12.2 Å². The smallest absolute Gasteiger partial charge is 0.314 e. The van der Waals surface area contributed by atoms with Crippen molar-refractivity contribution in [2.24, 2.45) is 0 Å². The number of carboxylic acid groups (broad SMARTS) is 1. The fourth-order valence-corrected chi connectivity index (χ4v) is 1.16. The maximum Gasteiger partial charge on any atom is 0.314 e. The number of rotatable bonds is 7. The molecular formula is C11H20N2O4. The highest BCUT2D eigenvalue weighted by molar-refractivity contribution is 5.74. The second-order valence-corrected chi connectivity index (χ2v) is 4.03. The summed E-state index contributed by atoms with van der Waals surface area (Å²) in [6.45, 7) is 3.65. The number of amides is 2. The fourth-order valence-electron chi connectivity index (χ4n) is 1.16. The van der Waals surface area contributed by atoms with Crippen molar-refractivity contribution in [1.82, 2.24) is 10.6 Å². The van der Waals surface area contributed by atoms with Crippen LogP contribution in [0.25, 0.3) is 0 Å². The van der Waals surface area contributed by atoms with Crippen LogP contribution < -0.4 is 10.6 Å². The third-order valence-electron chi connectivity index (χ3n) is 1.99. The van der Waals surface area contributed by atoms with Crippen LogP contribution in [-0.2, 0) is 4.79 Å². The number of aliphatic carboxylic acids is 1. The minimum atomic E-state index is -1.44. The number of hydrogen-bond donors (Lipinski definition) is 4. The minimum absolute atomic E-state index is 0.102. The molecule has 0 fully saturated rings. The lowest BCUT2D eigenvalue weighted by molar-refractivity contribution is -0.141. The predicted molar refractivity (Wildman–Crippen MR) is 63.7 cm³/mol. The monoisotopic (exact) mass is 244 g/mol. The number of nitrogens with one attached hydrogen (secondary N) is 2. The lowest BCUT2D eigenvalue weighted by Gasteiger charge is -2.21. The van der Waals surface area contributed by atoms with Gasteiger partial charge in [-0.05, 0) is 20.3 Å². The van der Waals surface area contributed by atoms with E-state index in [1.165, 1.54) is 6.92 Å². The zero-order chi connectivity index (χ0) is 13.3. The normalized spacial score (nSPS) is 14.3. The van der Waals surface area contributed by atoms with Gasteiger partial charge >= 0.3 is 12.0 Å². The summed E-state index contributed by atoms with van der Waals surface area (Å²) in [6.07, 6.45) is 4.12. The molecule has 0 rings (SSSR count). The maximum atomic E-state index is 11.2. The minimum Gasteiger partial charge on any atom is -0.481 e. The summed E-state index contributed by atoms with van der Waals surface area (Å²) < 4.78 is 0. The zero-order valence-electron chi connectivity index (χ0n) is 10.2. The van der Waals surface area contributed by atoms with Crippen molar-refractivity contribution in [1.29, 1.82) is 0 Å². The van der Waals surface area contributed by atoms with Crippen molar-refractivity contribution in [2.45, 2.75) is 32.3 Å². The van der Waals surface area contributed by atoms with Crippen molar-refractivity contribution in [3.05, 3.63) is 12.2 Å². The molecule has 17 heavy (non-hydrogen) atoms. The molecule has 0 bridgehead atoms. The Morgan fingerprint density at radius 3 is 2.53 bits per heavy atom. The van der Waals surface area contributed by atoms with Gasteiger partial charge in [0.25, 0.3) is 0 Å². The molecule has 1 unspecified atom stereocenters. The molecule has 1 atom stereocenters. The van der Waals surface area contributed by atoms with E-state index in [1.54, 1.807) is 0 Å². The topological polar surface area (TPSA) is 98.7 Å². The van der Waals surface area contributed by atoms with Crippen molar-refractivity contribution < 1.29 is 19.8 Å². The first-order valence-corrected chi connectivity index (χ1v) is 5.44. The summed E-state index contributed by atoms with van der Waals surface area (Å²) in [5, 5.41) is 23.1. The molecule has 0 aliphatic heterocycles. The number of urea groups is 1. The molecule has 6 heteroatoms. The maximum absolute atomic E-state index is 11.2. The van der Waals surface area contributed by atoms with Crippen LogP contribution in [-0.4, -0.2) is 40.9 Å². The van der Waals surface area contributed by atoms with Crippen LogP contribution in [0.4, 0.5) is 4.79 Å². The molecule has 0 saturated carbocycles. The molecule has 0 aliphatic rings. The summed E-state index contributed by atoms with van der Waals surface area (Å²) in [5.74, 6) is -1.11. The third kappa shape index (κ3) is 9.37. The van der Waals surface area contributed by atoms with E-state index in [2.05, 4.69) is 10.6 Å². The highest BCUT2D eigenvalue weighted by atomic mass is 16.4. The van der Waals surface area contributed by atoms with Crippen molar-refractivity contribution in [3.8, 4) is 0 Å². The van der Waals surface area contributed by atoms with Crippen LogP contribution in [0.5, 0.6) is 0 Å². The van der Waals surface area contributed by atoms with Gasteiger partial charge in [-0.25, -0.2) is 4.79 Å². The number of hydrogen-bond acceptors (Lipinski definition) is 3. The molecule has 0 radical (unpaired) electrons. The first-order chi connectivity index (χ1) is 7.87. The molecule has 0 aromatic rings. The van der Waals surface area contributed by atoms with Crippen molar-refractivity contribution in [3.63, 3.8) is 0 Å². The van der Waals surface area contributed by atoms with Crippen LogP contribution in [0.1, 0.15) is 26.7 Å². The van der Waals surface area contributed by atoms with E-state index in [4.69, 9.17) is 5.11 Å². The Bertz CT molecular complexity index is 287. The van der Waals surface area contributed by atoms with Gasteiger partial charge < -0.3 is 20.8 Å². The van der Waals surface area contributed by atoms with E-state index in [0.29, 0.717) is 6.54 Å². The Morgan fingerprint density at radius 2 is 2.00 bits per heavy atom. The highest BCUT2D eigenvalue weighted by Crippen LogP contribution is 2.06. The summed E-state index contributed by atoms with van der Waals surface area (Å²) >= 11 is 0. The Kier molecular flexibility index (Phi) is 6.97. The molecule has 98 valence electrons.